The minimum absolute atomic E-state index is 0.120. The molecule has 0 saturated heterocycles. The number of amides is 1. The van der Waals surface area contributed by atoms with Crippen LogP contribution in [0, 0.1) is 17.3 Å². The average molecular weight is 265 g/mol. The van der Waals surface area contributed by atoms with Gasteiger partial charge in [0.2, 0.25) is 5.91 Å². The molecule has 3 saturated carbocycles. The standard InChI is InChI=1S/C15H23NO3/c17-13(11-9-15(11)7-8-15)16-12-6-4-2-1-3-5-10(12)14(18)19/h10-12H,1-9H2,(H,16,17)(H,18,19). The van der Waals surface area contributed by atoms with E-state index in [0.29, 0.717) is 11.8 Å². The van der Waals surface area contributed by atoms with E-state index in [4.69, 9.17) is 0 Å². The van der Waals surface area contributed by atoms with Crippen LogP contribution in [0.5, 0.6) is 0 Å². The van der Waals surface area contributed by atoms with Gasteiger partial charge in [-0.1, -0.05) is 25.7 Å². The van der Waals surface area contributed by atoms with Crippen molar-refractivity contribution < 1.29 is 14.7 Å². The Bertz CT molecular complexity index is 389. The molecule has 3 aliphatic rings. The molecular weight excluding hydrogens is 242 g/mol. The SMILES string of the molecule is O=C(O)C1CCCCCCC1NC(=O)C1CC12CC2. The first-order valence-corrected chi connectivity index (χ1v) is 7.66. The van der Waals surface area contributed by atoms with E-state index in [1.54, 1.807) is 0 Å². The molecular formula is C15H23NO3. The van der Waals surface area contributed by atoms with E-state index in [-0.39, 0.29) is 17.9 Å². The third-order valence-corrected chi connectivity index (χ3v) is 5.31. The van der Waals surface area contributed by atoms with E-state index in [1.807, 2.05) is 0 Å². The third-order valence-electron chi connectivity index (χ3n) is 5.31. The van der Waals surface area contributed by atoms with Crippen molar-refractivity contribution in [1.82, 2.24) is 5.32 Å². The van der Waals surface area contributed by atoms with Crippen LogP contribution in [0.3, 0.4) is 0 Å². The summed E-state index contributed by atoms with van der Waals surface area (Å²) >= 11 is 0. The fourth-order valence-corrected chi connectivity index (χ4v) is 3.67. The maximum absolute atomic E-state index is 12.2. The first kappa shape index (κ1) is 12.9. The van der Waals surface area contributed by atoms with Crippen molar-refractivity contribution in [2.24, 2.45) is 17.3 Å². The molecule has 3 fully saturated rings. The summed E-state index contributed by atoms with van der Waals surface area (Å²) in [6.45, 7) is 0. The van der Waals surface area contributed by atoms with Gasteiger partial charge in [0.25, 0.3) is 0 Å². The van der Waals surface area contributed by atoms with Crippen molar-refractivity contribution >= 4 is 11.9 Å². The van der Waals surface area contributed by atoms with Gasteiger partial charge in [-0.15, -0.1) is 0 Å². The van der Waals surface area contributed by atoms with Gasteiger partial charge < -0.3 is 10.4 Å². The molecule has 1 amide bonds. The third kappa shape index (κ3) is 2.63. The number of nitrogens with one attached hydrogen (secondary N) is 1. The predicted octanol–water partition coefficient (Wildman–Crippen LogP) is 2.33. The zero-order chi connectivity index (χ0) is 13.5. The molecule has 4 heteroatoms. The lowest BCUT2D eigenvalue weighted by atomic mass is 9.86. The Morgan fingerprint density at radius 1 is 1.05 bits per heavy atom. The Kier molecular flexibility index (Phi) is 3.27. The predicted molar refractivity (Wildman–Crippen MR) is 70.5 cm³/mol. The van der Waals surface area contributed by atoms with Crippen LogP contribution in [-0.2, 0) is 9.59 Å². The largest absolute Gasteiger partial charge is 0.481 e. The Balaban J connectivity index is 1.61. The molecule has 106 valence electrons. The lowest BCUT2D eigenvalue weighted by Crippen LogP contribution is -2.44. The van der Waals surface area contributed by atoms with Gasteiger partial charge in [0.05, 0.1) is 5.92 Å². The number of carboxylic acids is 1. The van der Waals surface area contributed by atoms with Crippen molar-refractivity contribution in [3.8, 4) is 0 Å². The van der Waals surface area contributed by atoms with Crippen LogP contribution >= 0.6 is 0 Å². The highest BCUT2D eigenvalue weighted by Gasteiger charge is 2.65. The van der Waals surface area contributed by atoms with Crippen LogP contribution < -0.4 is 5.32 Å². The number of carbonyl (C=O) groups is 2. The summed E-state index contributed by atoms with van der Waals surface area (Å²) in [6.07, 6.45) is 9.22. The second kappa shape index (κ2) is 4.80. The van der Waals surface area contributed by atoms with Gasteiger partial charge in [0.15, 0.2) is 0 Å². The maximum Gasteiger partial charge on any atom is 0.308 e. The Morgan fingerprint density at radius 3 is 2.32 bits per heavy atom. The number of hydrogen-bond acceptors (Lipinski definition) is 2. The first-order chi connectivity index (χ1) is 9.12. The van der Waals surface area contributed by atoms with E-state index in [9.17, 15) is 14.7 Å². The van der Waals surface area contributed by atoms with Crippen molar-refractivity contribution in [1.29, 1.82) is 0 Å². The van der Waals surface area contributed by atoms with E-state index in [2.05, 4.69) is 5.32 Å². The minimum Gasteiger partial charge on any atom is -0.481 e. The van der Waals surface area contributed by atoms with Gasteiger partial charge in [0, 0.05) is 12.0 Å². The second-order valence-corrected chi connectivity index (χ2v) is 6.67. The fourth-order valence-electron chi connectivity index (χ4n) is 3.67. The highest BCUT2D eigenvalue weighted by molar-refractivity contribution is 5.84. The van der Waals surface area contributed by atoms with E-state index in [0.717, 1.165) is 38.5 Å². The van der Waals surface area contributed by atoms with E-state index in [1.165, 1.54) is 12.8 Å². The monoisotopic (exact) mass is 265 g/mol. The quantitative estimate of drug-likeness (QED) is 0.823. The lowest BCUT2D eigenvalue weighted by Gasteiger charge is -2.27. The van der Waals surface area contributed by atoms with Gasteiger partial charge >= 0.3 is 5.97 Å². The Morgan fingerprint density at radius 2 is 1.74 bits per heavy atom. The highest BCUT2D eigenvalue weighted by atomic mass is 16.4. The van der Waals surface area contributed by atoms with Crippen molar-refractivity contribution in [2.75, 3.05) is 0 Å². The van der Waals surface area contributed by atoms with Crippen molar-refractivity contribution in [3.63, 3.8) is 0 Å². The maximum atomic E-state index is 12.2. The Labute approximate surface area is 113 Å². The van der Waals surface area contributed by atoms with Crippen LogP contribution in [0.15, 0.2) is 0 Å². The normalized spacial score (nSPS) is 36.1. The molecule has 0 aromatic carbocycles. The molecule has 3 atom stereocenters. The molecule has 0 bridgehead atoms. The summed E-state index contributed by atoms with van der Waals surface area (Å²) in [7, 11) is 0. The molecule has 0 aromatic heterocycles. The molecule has 0 aliphatic heterocycles. The molecule has 2 N–H and O–H groups in total. The molecule has 0 heterocycles. The summed E-state index contributed by atoms with van der Waals surface area (Å²) in [5.74, 6) is -0.830. The van der Waals surface area contributed by atoms with E-state index >= 15 is 0 Å². The van der Waals surface area contributed by atoms with Crippen molar-refractivity contribution in [2.45, 2.75) is 63.8 Å². The molecule has 0 radical (unpaired) electrons. The van der Waals surface area contributed by atoms with Gasteiger partial charge in [-0.2, -0.15) is 0 Å². The molecule has 4 nitrogen and oxygen atoms in total. The fraction of sp³-hybridized carbons (Fsp3) is 0.867. The molecule has 19 heavy (non-hydrogen) atoms. The zero-order valence-electron chi connectivity index (χ0n) is 11.4. The summed E-state index contributed by atoms with van der Waals surface area (Å²) < 4.78 is 0. The molecule has 3 unspecified atom stereocenters. The van der Waals surface area contributed by atoms with Gasteiger partial charge in [-0.25, -0.2) is 0 Å². The summed E-state index contributed by atoms with van der Waals surface area (Å²) in [5, 5.41) is 12.4. The Hall–Kier alpha value is -1.06. The number of aliphatic carboxylic acids is 1. The topological polar surface area (TPSA) is 66.4 Å². The molecule has 1 spiro atoms. The molecule has 3 aliphatic carbocycles. The van der Waals surface area contributed by atoms with Crippen LogP contribution in [0.2, 0.25) is 0 Å². The smallest absolute Gasteiger partial charge is 0.308 e. The average Bonchev–Trinajstić information content (AvgIpc) is 3.23. The number of carbonyl (C=O) groups excluding carboxylic acids is 1. The van der Waals surface area contributed by atoms with Gasteiger partial charge in [-0.05, 0) is 37.5 Å². The number of carboxylic acid groups (broad SMARTS) is 1. The van der Waals surface area contributed by atoms with Crippen LogP contribution in [0.4, 0.5) is 0 Å². The number of rotatable bonds is 3. The number of hydrogen-bond donors (Lipinski definition) is 2. The summed E-state index contributed by atoms with van der Waals surface area (Å²) in [6, 6.07) is -0.151. The van der Waals surface area contributed by atoms with Crippen LogP contribution in [0.1, 0.15) is 57.8 Å². The second-order valence-electron chi connectivity index (χ2n) is 6.67. The van der Waals surface area contributed by atoms with Crippen molar-refractivity contribution in [3.05, 3.63) is 0 Å². The molecule has 0 aromatic rings. The zero-order valence-corrected chi connectivity index (χ0v) is 11.4. The van der Waals surface area contributed by atoms with Gasteiger partial charge in [-0.3, -0.25) is 9.59 Å². The van der Waals surface area contributed by atoms with Crippen LogP contribution in [-0.4, -0.2) is 23.0 Å². The highest BCUT2D eigenvalue weighted by Crippen LogP contribution is 2.70. The summed E-state index contributed by atoms with van der Waals surface area (Å²) in [4.78, 5) is 23.6. The van der Waals surface area contributed by atoms with Crippen LogP contribution in [0.25, 0.3) is 0 Å². The van der Waals surface area contributed by atoms with E-state index < -0.39 is 11.9 Å². The summed E-state index contributed by atoms with van der Waals surface area (Å²) in [5.41, 5.74) is 0.352. The first-order valence-electron chi connectivity index (χ1n) is 7.66. The minimum atomic E-state index is -0.746. The van der Waals surface area contributed by atoms with Gasteiger partial charge in [0.1, 0.15) is 0 Å². The lowest BCUT2D eigenvalue weighted by molar-refractivity contribution is -0.143. The molecule has 3 rings (SSSR count).